The minimum atomic E-state index is 0.591. The Morgan fingerprint density at radius 3 is 2.94 bits per heavy atom. The molecule has 88 valence electrons. The molecule has 17 heavy (non-hydrogen) atoms. The molecule has 0 saturated heterocycles. The van der Waals surface area contributed by atoms with E-state index in [4.69, 9.17) is 4.74 Å². The monoisotopic (exact) mass is 229 g/mol. The number of hydrogen-bond donors (Lipinski definition) is 1. The summed E-state index contributed by atoms with van der Waals surface area (Å²) in [6, 6.07) is 9.43. The fourth-order valence-corrected chi connectivity index (χ4v) is 1.39. The Kier molecular flexibility index (Phi) is 4.05. The van der Waals surface area contributed by atoms with Crippen molar-refractivity contribution in [1.29, 1.82) is 0 Å². The summed E-state index contributed by atoms with van der Waals surface area (Å²) in [4.78, 5) is 8.38. The van der Waals surface area contributed by atoms with Crippen LogP contribution in [0, 0.1) is 0 Å². The molecule has 0 aliphatic carbocycles. The molecule has 0 aliphatic rings. The summed E-state index contributed by atoms with van der Waals surface area (Å²) in [5.74, 6) is 1.29. The highest BCUT2D eigenvalue weighted by Crippen LogP contribution is 2.17. The van der Waals surface area contributed by atoms with Gasteiger partial charge in [-0.25, -0.2) is 4.98 Å². The third-order valence-corrected chi connectivity index (χ3v) is 2.19. The Morgan fingerprint density at radius 1 is 1.24 bits per heavy atom. The molecule has 0 saturated carbocycles. The van der Waals surface area contributed by atoms with Gasteiger partial charge >= 0.3 is 0 Å². The second kappa shape index (κ2) is 5.96. The molecule has 0 bridgehead atoms. The largest absolute Gasteiger partial charge is 0.437 e. The van der Waals surface area contributed by atoms with Gasteiger partial charge in [0.2, 0.25) is 5.88 Å². The molecule has 2 aromatic heterocycles. The third-order valence-electron chi connectivity index (χ3n) is 2.19. The van der Waals surface area contributed by atoms with Gasteiger partial charge < -0.3 is 10.1 Å². The molecule has 2 heterocycles. The highest BCUT2D eigenvalue weighted by atomic mass is 16.5. The number of hydrogen-bond acceptors (Lipinski definition) is 4. The lowest BCUT2D eigenvalue weighted by atomic mass is 10.3. The number of rotatable bonds is 5. The summed E-state index contributed by atoms with van der Waals surface area (Å²) in [5.41, 5.74) is 0.966. The normalized spacial score (nSPS) is 10.2. The van der Waals surface area contributed by atoms with E-state index < -0.39 is 0 Å². The highest BCUT2D eigenvalue weighted by Gasteiger charge is 2.00. The number of ether oxygens (including phenoxy) is 1. The number of nitrogens with zero attached hydrogens (tertiary/aromatic N) is 2. The van der Waals surface area contributed by atoms with Gasteiger partial charge in [-0.15, -0.1) is 0 Å². The van der Waals surface area contributed by atoms with Crippen molar-refractivity contribution >= 4 is 0 Å². The Bertz CT molecular complexity index is 459. The van der Waals surface area contributed by atoms with Gasteiger partial charge in [-0.2, -0.15) is 0 Å². The van der Waals surface area contributed by atoms with Crippen LogP contribution in [0.5, 0.6) is 11.6 Å². The second-order valence-corrected chi connectivity index (χ2v) is 3.54. The summed E-state index contributed by atoms with van der Waals surface area (Å²) in [6.07, 6.45) is 3.38. The molecule has 0 fully saturated rings. The number of aromatic nitrogens is 2. The number of pyridine rings is 2. The first-order valence-electron chi connectivity index (χ1n) is 5.63. The molecule has 4 nitrogen and oxygen atoms in total. The second-order valence-electron chi connectivity index (χ2n) is 3.54. The lowest BCUT2D eigenvalue weighted by molar-refractivity contribution is 0.457. The fraction of sp³-hybridized carbons (Fsp3) is 0.231. The quantitative estimate of drug-likeness (QED) is 0.855. The van der Waals surface area contributed by atoms with E-state index in [1.54, 1.807) is 12.4 Å². The van der Waals surface area contributed by atoms with Crippen LogP contribution in [0.25, 0.3) is 0 Å². The van der Waals surface area contributed by atoms with E-state index in [0.29, 0.717) is 11.6 Å². The van der Waals surface area contributed by atoms with E-state index in [-0.39, 0.29) is 0 Å². The summed E-state index contributed by atoms with van der Waals surface area (Å²) in [7, 11) is 0. The summed E-state index contributed by atoms with van der Waals surface area (Å²) in [6.45, 7) is 3.74. The molecule has 0 spiro atoms. The van der Waals surface area contributed by atoms with Crippen molar-refractivity contribution in [2.75, 3.05) is 6.54 Å². The summed E-state index contributed by atoms with van der Waals surface area (Å²) in [5, 5.41) is 3.23. The van der Waals surface area contributed by atoms with E-state index in [0.717, 1.165) is 18.8 Å². The van der Waals surface area contributed by atoms with Crippen molar-refractivity contribution in [3.8, 4) is 11.6 Å². The molecule has 0 unspecified atom stereocenters. The van der Waals surface area contributed by atoms with Gasteiger partial charge in [0, 0.05) is 18.8 Å². The van der Waals surface area contributed by atoms with Gasteiger partial charge in [0.25, 0.3) is 0 Å². The predicted molar refractivity (Wildman–Crippen MR) is 65.9 cm³/mol. The lowest BCUT2D eigenvalue weighted by Crippen LogP contribution is -2.12. The minimum absolute atomic E-state index is 0.591. The maximum absolute atomic E-state index is 5.60. The molecule has 4 heteroatoms. The maximum atomic E-state index is 5.60. The van der Waals surface area contributed by atoms with Crippen molar-refractivity contribution in [3.63, 3.8) is 0 Å². The van der Waals surface area contributed by atoms with Crippen LogP contribution < -0.4 is 10.1 Å². The Morgan fingerprint density at radius 2 is 2.18 bits per heavy atom. The van der Waals surface area contributed by atoms with Crippen molar-refractivity contribution in [3.05, 3.63) is 48.4 Å². The summed E-state index contributed by atoms with van der Waals surface area (Å²) < 4.78 is 5.60. The summed E-state index contributed by atoms with van der Waals surface area (Å²) >= 11 is 0. The van der Waals surface area contributed by atoms with Crippen LogP contribution in [0.3, 0.4) is 0 Å². The van der Waals surface area contributed by atoms with Crippen LogP contribution in [0.2, 0.25) is 0 Å². The first-order valence-corrected chi connectivity index (χ1v) is 5.63. The zero-order valence-electron chi connectivity index (χ0n) is 9.76. The van der Waals surface area contributed by atoms with Crippen LogP contribution in [-0.4, -0.2) is 16.5 Å². The van der Waals surface area contributed by atoms with Crippen molar-refractivity contribution in [2.24, 2.45) is 0 Å². The van der Waals surface area contributed by atoms with Crippen molar-refractivity contribution in [1.82, 2.24) is 15.3 Å². The smallest absolute Gasteiger partial charge is 0.219 e. The van der Waals surface area contributed by atoms with E-state index >= 15 is 0 Å². The van der Waals surface area contributed by atoms with E-state index in [1.165, 1.54) is 0 Å². The average molecular weight is 229 g/mol. The van der Waals surface area contributed by atoms with Crippen molar-refractivity contribution in [2.45, 2.75) is 13.5 Å². The zero-order chi connectivity index (χ0) is 11.9. The van der Waals surface area contributed by atoms with Crippen LogP contribution in [0.15, 0.2) is 42.7 Å². The van der Waals surface area contributed by atoms with E-state index in [9.17, 15) is 0 Å². The highest BCUT2D eigenvalue weighted by molar-refractivity contribution is 5.24. The maximum Gasteiger partial charge on any atom is 0.219 e. The molecule has 0 atom stereocenters. The Balaban J connectivity index is 2.06. The molecular formula is C13H15N3O. The van der Waals surface area contributed by atoms with Crippen molar-refractivity contribution < 1.29 is 4.74 Å². The molecule has 0 amide bonds. The zero-order valence-corrected chi connectivity index (χ0v) is 9.76. The molecular weight excluding hydrogens is 214 g/mol. The molecule has 0 aromatic carbocycles. The predicted octanol–water partition coefficient (Wildman–Crippen LogP) is 2.38. The van der Waals surface area contributed by atoms with E-state index in [1.807, 2.05) is 30.3 Å². The number of nitrogens with one attached hydrogen (secondary N) is 1. The standard InChI is InChI=1S/C13H15N3O/c1-2-14-9-11-5-3-7-13(16-11)17-12-6-4-8-15-10-12/h3-8,10,14H,2,9H2,1H3. The Hall–Kier alpha value is -1.94. The fourth-order valence-electron chi connectivity index (χ4n) is 1.39. The topological polar surface area (TPSA) is 47.0 Å². The van der Waals surface area contributed by atoms with Crippen LogP contribution >= 0.6 is 0 Å². The van der Waals surface area contributed by atoms with Gasteiger partial charge in [0.1, 0.15) is 5.75 Å². The van der Waals surface area contributed by atoms with Gasteiger partial charge in [0.05, 0.1) is 11.9 Å². The van der Waals surface area contributed by atoms with E-state index in [2.05, 4.69) is 22.2 Å². The molecule has 0 radical (unpaired) electrons. The third kappa shape index (κ3) is 3.53. The van der Waals surface area contributed by atoms with Gasteiger partial charge in [-0.3, -0.25) is 4.98 Å². The SMILES string of the molecule is CCNCc1cccc(Oc2cccnc2)n1. The van der Waals surface area contributed by atoms with Gasteiger partial charge in [0.15, 0.2) is 0 Å². The first kappa shape index (κ1) is 11.5. The minimum Gasteiger partial charge on any atom is -0.437 e. The molecule has 2 aromatic rings. The lowest BCUT2D eigenvalue weighted by Gasteiger charge is -2.06. The molecule has 1 N–H and O–H groups in total. The molecule has 0 aliphatic heterocycles. The molecule has 2 rings (SSSR count). The van der Waals surface area contributed by atoms with Gasteiger partial charge in [-0.05, 0) is 24.7 Å². The van der Waals surface area contributed by atoms with Crippen LogP contribution in [0.4, 0.5) is 0 Å². The van der Waals surface area contributed by atoms with Gasteiger partial charge in [-0.1, -0.05) is 13.0 Å². The average Bonchev–Trinajstić information content (AvgIpc) is 2.38. The first-order chi connectivity index (χ1) is 8.38. The van der Waals surface area contributed by atoms with Crippen LogP contribution in [0.1, 0.15) is 12.6 Å². The van der Waals surface area contributed by atoms with Crippen LogP contribution in [-0.2, 0) is 6.54 Å². The Labute approximate surface area is 101 Å².